The fraction of sp³-hybridized carbons (Fsp3) is 0.696. The van der Waals surface area contributed by atoms with E-state index in [1.165, 1.54) is 13.0 Å². The number of esters is 1. The summed E-state index contributed by atoms with van der Waals surface area (Å²) in [4.78, 5) is 41.5. The number of likely N-dealkylation sites (tertiary alicyclic amines) is 1. The Morgan fingerprint density at radius 2 is 1.97 bits per heavy atom. The predicted octanol–water partition coefficient (Wildman–Crippen LogP) is 3.09. The van der Waals surface area contributed by atoms with Crippen LogP contribution in [0.2, 0.25) is 18.1 Å². The summed E-state index contributed by atoms with van der Waals surface area (Å²) < 4.78 is 11.9. The number of ether oxygens (including phenoxy) is 1. The van der Waals surface area contributed by atoms with Gasteiger partial charge in [0.25, 0.3) is 0 Å². The van der Waals surface area contributed by atoms with Crippen molar-refractivity contribution in [3.8, 4) is 0 Å². The van der Waals surface area contributed by atoms with Gasteiger partial charge in [0.2, 0.25) is 11.8 Å². The standard InChI is InChI=1S/C23H36N2O5Si/c1-9-12-29-22(28)20-17-13-24(15(3)26)11-10-16(17)19-18(21(27)25(19)20)14(2)30-31(7,8)23(4,5)6/h9,14,16,18-19H,1,10-13H2,2-8H3/t14-,16+,18-,19-/m1/s1. The maximum atomic E-state index is 13.3. The summed E-state index contributed by atoms with van der Waals surface area (Å²) in [6.45, 7) is 19.1. The second kappa shape index (κ2) is 8.20. The molecule has 2 amide bonds. The first kappa shape index (κ1) is 23.7. The van der Waals surface area contributed by atoms with Gasteiger partial charge in [0.1, 0.15) is 12.3 Å². The lowest BCUT2D eigenvalue weighted by atomic mass is 9.74. The first-order valence-corrected chi connectivity index (χ1v) is 14.0. The van der Waals surface area contributed by atoms with Crippen LogP contribution in [0.1, 0.15) is 41.0 Å². The largest absolute Gasteiger partial charge is 0.457 e. The van der Waals surface area contributed by atoms with Crippen molar-refractivity contribution in [2.75, 3.05) is 19.7 Å². The summed E-state index contributed by atoms with van der Waals surface area (Å²) in [5, 5.41) is 0.0410. The van der Waals surface area contributed by atoms with Crippen molar-refractivity contribution < 1.29 is 23.5 Å². The average molecular weight is 449 g/mol. The third-order valence-electron chi connectivity index (χ3n) is 7.43. The molecule has 4 atom stereocenters. The first-order chi connectivity index (χ1) is 14.3. The molecule has 3 aliphatic rings. The van der Waals surface area contributed by atoms with Gasteiger partial charge in [0.15, 0.2) is 8.32 Å². The molecular formula is C23H36N2O5Si. The molecule has 0 bridgehead atoms. The van der Waals surface area contributed by atoms with E-state index in [4.69, 9.17) is 9.16 Å². The third-order valence-corrected chi connectivity index (χ3v) is 12.0. The summed E-state index contributed by atoms with van der Waals surface area (Å²) >= 11 is 0. The van der Waals surface area contributed by atoms with Crippen LogP contribution in [0.5, 0.6) is 0 Å². The molecule has 2 fully saturated rings. The smallest absolute Gasteiger partial charge is 0.355 e. The number of hydrogen-bond acceptors (Lipinski definition) is 5. The Balaban J connectivity index is 1.89. The number of rotatable bonds is 6. The van der Waals surface area contributed by atoms with Gasteiger partial charge >= 0.3 is 5.97 Å². The Hall–Kier alpha value is -1.93. The Labute approximate surface area is 186 Å². The molecular weight excluding hydrogens is 412 g/mol. The lowest BCUT2D eigenvalue weighted by Gasteiger charge is -2.51. The molecule has 8 heteroatoms. The molecule has 0 aromatic heterocycles. The number of carbonyl (C=O) groups is 3. The van der Waals surface area contributed by atoms with Crippen molar-refractivity contribution in [3.63, 3.8) is 0 Å². The number of nitrogens with zero attached hydrogens (tertiary/aromatic N) is 2. The van der Waals surface area contributed by atoms with Crippen LogP contribution in [0, 0.1) is 11.8 Å². The van der Waals surface area contributed by atoms with Crippen molar-refractivity contribution >= 4 is 26.1 Å². The van der Waals surface area contributed by atoms with Gasteiger partial charge in [0, 0.05) is 25.9 Å². The van der Waals surface area contributed by atoms with Gasteiger partial charge in [-0.1, -0.05) is 33.4 Å². The third kappa shape index (κ3) is 4.00. The monoisotopic (exact) mass is 448 g/mol. The van der Waals surface area contributed by atoms with Gasteiger partial charge in [-0.05, 0) is 37.0 Å². The van der Waals surface area contributed by atoms with E-state index in [9.17, 15) is 14.4 Å². The van der Waals surface area contributed by atoms with E-state index in [1.54, 1.807) is 9.80 Å². The predicted molar refractivity (Wildman–Crippen MR) is 120 cm³/mol. The zero-order valence-corrected chi connectivity index (χ0v) is 20.9. The summed E-state index contributed by atoms with van der Waals surface area (Å²) in [7, 11) is -2.05. The van der Waals surface area contributed by atoms with Crippen LogP contribution in [0.3, 0.4) is 0 Å². The molecule has 0 unspecified atom stereocenters. The van der Waals surface area contributed by atoms with E-state index in [2.05, 4.69) is 40.4 Å². The van der Waals surface area contributed by atoms with Crippen LogP contribution in [0.25, 0.3) is 0 Å². The Kier molecular flexibility index (Phi) is 6.28. The lowest BCUT2D eigenvalue weighted by molar-refractivity contribution is -0.164. The lowest BCUT2D eigenvalue weighted by Crippen LogP contribution is -2.65. The van der Waals surface area contributed by atoms with Crippen molar-refractivity contribution in [1.29, 1.82) is 0 Å². The molecule has 3 rings (SSSR count). The van der Waals surface area contributed by atoms with Crippen molar-refractivity contribution in [2.45, 2.75) is 71.3 Å². The van der Waals surface area contributed by atoms with Gasteiger partial charge in [-0.25, -0.2) is 4.79 Å². The van der Waals surface area contributed by atoms with Gasteiger partial charge < -0.3 is 19.0 Å². The highest BCUT2D eigenvalue weighted by molar-refractivity contribution is 6.74. The molecule has 0 aromatic rings. The number of β-lactam (4-membered cyclic amide) rings is 1. The zero-order valence-electron chi connectivity index (χ0n) is 19.9. The van der Waals surface area contributed by atoms with E-state index < -0.39 is 14.3 Å². The number of piperidine rings is 1. The topological polar surface area (TPSA) is 76.1 Å². The van der Waals surface area contributed by atoms with E-state index >= 15 is 0 Å². The fourth-order valence-corrected chi connectivity index (χ4v) is 6.20. The maximum Gasteiger partial charge on any atom is 0.355 e. The van der Waals surface area contributed by atoms with Crippen molar-refractivity contribution in [1.82, 2.24) is 9.80 Å². The summed E-state index contributed by atoms with van der Waals surface area (Å²) in [6, 6.07) is -0.109. The second-order valence-corrected chi connectivity index (χ2v) is 15.2. The molecule has 172 valence electrons. The highest BCUT2D eigenvalue weighted by Gasteiger charge is 2.62. The summed E-state index contributed by atoms with van der Waals surface area (Å²) in [5.74, 6) is -0.870. The quantitative estimate of drug-likeness (QED) is 0.270. The zero-order chi connectivity index (χ0) is 23.3. The molecule has 0 aliphatic carbocycles. The van der Waals surface area contributed by atoms with E-state index in [0.29, 0.717) is 18.8 Å². The molecule has 0 aromatic carbocycles. The normalized spacial score (nSPS) is 26.8. The maximum absolute atomic E-state index is 13.3. The molecule has 0 N–H and O–H groups in total. The van der Waals surface area contributed by atoms with Crippen LogP contribution >= 0.6 is 0 Å². The molecule has 0 radical (unpaired) electrons. The van der Waals surface area contributed by atoms with Crippen LogP contribution in [-0.4, -0.2) is 67.7 Å². The molecule has 0 saturated carbocycles. The van der Waals surface area contributed by atoms with Crippen LogP contribution in [0.4, 0.5) is 0 Å². The van der Waals surface area contributed by atoms with Gasteiger partial charge in [0.05, 0.1) is 18.1 Å². The minimum absolute atomic E-state index is 0.0310. The highest BCUT2D eigenvalue weighted by atomic mass is 28.4. The molecule has 3 aliphatic heterocycles. The SMILES string of the molecule is C=CCOC(=O)C1=C2CN(C(C)=O)CC[C@@H]2[C@@H]2[C@@H]([C@@H](C)O[Si](C)(C)C(C)(C)C)C(=O)N12. The van der Waals surface area contributed by atoms with E-state index in [-0.39, 0.29) is 47.4 Å². The highest BCUT2D eigenvalue weighted by Crippen LogP contribution is 2.51. The van der Waals surface area contributed by atoms with E-state index in [1.807, 2.05) is 6.92 Å². The molecule has 2 saturated heterocycles. The van der Waals surface area contributed by atoms with Crippen LogP contribution in [-0.2, 0) is 23.5 Å². The molecule has 7 nitrogen and oxygen atoms in total. The Morgan fingerprint density at radius 3 is 2.52 bits per heavy atom. The molecule has 31 heavy (non-hydrogen) atoms. The minimum Gasteiger partial charge on any atom is -0.457 e. The fourth-order valence-electron chi connectivity index (χ4n) is 4.77. The Morgan fingerprint density at radius 1 is 1.32 bits per heavy atom. The minimum atomic E-state index is -2.05. The average Bonchev–Trinajstić information content (AvgIpc) is 2.94. The summed E-state index contributed by atoms with van der Waals surface area (Å²) in [5.41, 5.74) is 1.17. The number of amides is 2. The van der Waals surface area contributed by atoms with Crippen molar-refractivity contribution in [3.05, 3.63) is 23.9 Å². The number of fused-ring (bicyclic) bond motifs is 3. The summed E-state index contributed by atoms with van der Waals surface area (Å²) in [6.07, 6.45) is 2.00. The first-order valence-electron chi connectivity index (χ1n) is 11.1. The van der Waals surface area contributed by atoms with Gasteiger partial charge in [-0.3, -0.25) is 9.59 Å². The van der Waals surface area contributed by atoms with E-state index in [0.717, 1.165) is 12.0 Å². The van der Waals surface area contributed by atoms with Crippen molar-refractivity contribution in [2.24, 2.45) is 11.8 Å². The number of hydrogen-bond donors (Lipinski definition) is 0. The van der Waals surface area contributed by atoms with Gasteiger partial charge in [-0.2, -0.15) is 0 Å². The van der Waals surface area contributed by atoms with Crippen LogP contribution < -0.4 is 0 Å². The molecule has 0 spiro atoms. The molecule has 3 heterocycles. The van der Waals surface area contributed by atoms with Gasteiger partial charge in [-0.15, -0.1) is 0 Å². The number of carbonyl (C=O) groups excluding carboxylic acids is 3. The van der Waals surface area contributed by atoms with Crippen LogP contribution in [0.15, 0.2) is 23.9 Å². The Bertz CT molecular complexity index is 828. The second-order valence-electron chi connectivity index (χ2n) is 10.4.